The zero-order chi connectivity index (χ0) is 18.4. The van der Waals surface area contributed by atoms with Crippen LogP contribution in [0.25, 0.3) is 0 Å². The second-order valence-electron chi connectivity index (χ2n) is 6.25. The maximum Gasteiger partial charge on any atom is 0.258 e. The van der Waals surface area contributed by atoms with Crippen molar-refractivity contribution in [2.45, 2.75) is 33.7 Å². The van der Waals surface area contributed by atoms with Gasteiger partial charge >= 0.3 is 0 Å². The molecule has 1 atom stereocenters. The predicted molar refractivity (Wildman–Crippen MR) is 103 cm³/mol. The molecule has 25 heavy (non-hydrogen) atoms. The Hall–Kier alpha value is -2.01. The number of rotatable bonds is 7. The Morgan fingerprint density at radius 2 is 1.64 bits per heavy atom. The number of amides is 1. The summed E-state index contributed by atoms with van der Waals surface area (Å²) in [4.78, 5) is 12.0. The van der Waals surface area contributed by atoms with Crippen molar-refractivity contribution in [3.8, 4) is 11.5 Å². The van der Waals surface area contributed by atoms with Crippen LogP contribution in [0.1, 0.15) is 23.6 Å². The van der Waals surface area contributed by atoms with E-state index < -0.39 is 0 Å². The average Bonchev–Trinajstić information content (AvgIpc) is 2.57. The Morgan fingerprint density at radius 3 is 2.24 bits per heavy atom. The Morgan fingerprint density at radius 1 is 1.04 bits per heavy atom. The number of nitrogens with one attached hydrogen (secondary N) is 1. The molecule has 4 nitrogen and oxygen atoms in total. The Bertz CT molecular complexity index is 705. The fourth-order valence-corrected chi connectivity index (χ4v) is 2.58. The van der Waals surface area contributed by atoms with Crippen LogP contribution in [0.5, 0.6) is 11.5 Å². The zero-order valence-electron chi connectivity index (χ0n) is 15.1. The van der Waals surface area contributed by atoms with E-state index in [-0.39, 0.29) is 18.6 Å². The highest BCUT2D eigenvalue weighted by atomic mass is 79.9. The van der Waals surface area contributed by atoms with E-state index in [0.29, 0.717) is 12.4 Å². The summed E-state index contributed by atoms with van der Waals surface area (Å²) in [7, 11) is 0. The lowest BCUT2D eigenvalue weighted by atomic mass is 10.1. The van der Waals surface area contributed by atoms with Crippen LogP contribution in [0, 0.1) is 20.8 Å². The molecule has 0 aliphatic carbocycles. The van der Waals surface area contributed by atoms with Gasteiger partial charge in [-0.05, 0) is 63.1 Å². The van der Waals surface area contributed by atoms with Gasteiger partial charge in [0.25, 0.3) is 5.91 Å². The van der Waals surface area contributed by atoms with E-state index in [0.717, 1.165) is 21.3 Å². The smallest absolute Gasteiger partial charge is 0.258 e. The van der Waals surface area contributed by atoms with Crippen LogP contribution in [0.2, 0.25) is 0 Å². The molecule has 0 aromatic heterocycles. The van der Waals surface area contributed by atoms with Crippen molar-refractivity contribution < 1.29 is 14.3 Å². The molecule has 0 radical (unpaired) electrons. The summed E-state index contributed by atoms with van der Waals surface area (Å²) in [6, 6.07) is 11.5. The number of carbonyl (C=O) groups is 1. The van der Waals surface area contributed by atoms with Crippen LogP contribution in [0.15, 0.2) is 40.9 Å². The third kappa shape index (κ3) is 6.09. The van der Waals surface area contributed by atoms with Crippen molar-refractivity contribution in [2.75, 3.05) is 13.2 Å². The maximum atomic E-state index is 12.0. The second-order valence-corrected chi connectivity index (χ2v) is 7.05. The first-order valence-electron chi connectivity index (χ1n) is 8.23. The lowest BCUT2D eigenvalue weighted by Gasteiger charge is -2.16. The van der Waals surface area contributed by atoms with Gasteiger partial charge in [-0.15, -0.1) is 0 Å². The summed E-state index contributed by atoms with van der Waals surface area (Å²) < 4.78 is 12.3. The van der Waals surface area contributed by atoms with Crippen LogP contribution in [0.3, 0.4) is 0 Å². The fraction of sp³-hybridized carbons (Fsp3) is 0.350. The van der Waals surface area contributed by atoms with Crippen molar-refractivity contribution >= 4 is 21.8 Å². The first-order chi connectivity index (χ1) is 11.8. The van der Waals surface area contributed by atoms with Gasteiger partial charge < -0.3 is 14.8 Å². The number of ether oxygens (including phenoxy) is 2. The van der Waals surface area contributed by atoms with E-state index in [1.165, 1.54) is 5.56 Å². The first-order valence-corrected chi connectivity index (χ1v) is 9.03. The number of hydrogen-bond acceptors (Lipinski definition) is 3. The van der Waals surface area contributed by atoms with Gasteiger partial charge in [0, 0.05) is 4.47 Å². The topological polar surface area (TPSA) is 47.6 Å². The average molecular weight is 406 g/mol. The summed E-state index contributed by atoms with van der Waals surface area (Å²) in [6.07, 6.45) is 0. The van der Waals surface area contributed by atoms with Crippen LogP contribution in [-0.4, -0.2) is 25.2 Å². The van der Waals surface area contributed by atoms with Gasteiger partial charge in [0.1, 0.15) is 18.1 Å². The standard InChI is InChI=1S/C20H24BrNO3/c1-13-5-7-17(8-6-13)24-11-16(4)22-19(23)12-25-18-9-14(2)20(21)15(3)10-18/h5-10,16H,11-12H2,1-4H3,(H,22,23). The normalized spacial score (nSPS) is 11.7. The third-order valence-corrected chi connectivity index (χ3v) is 4.96. The van der Waals surface area contributed by atoms with Crippen molar-refractivity contribution in [3.05, 3.63) is 57.6 Å². The van der Waals surface area contributed by atoms with Crippen molar-refractivity contribution in [1.29, 1.82) is 0 Å². The Kier molecular flexibility index (Phi) is 6.88. The van der Waals surface area contributed by atoms with Gasteiger partial charge in [-0.1, -0.05) is 33.6 Å². The largest absolute Gasteiger partial charge is 0.491 e. The van der Waals surface area contributed by atoms with E-state index in [1.807, 2.05) is 64.1 Å². The van der Waals surface area contributed by atoms with Crippen LogP contribution in [0.4, 0.5) is 0 Å². The minimum absolute atomic E-state index is 0.0185. The molecule has 0 heterocycles. The summed E-state index contributed by atoms with van der Waals surface area (Å²) in [6.45, 7) is 8.31. The minimum Gasteiger partial charge on any atom is -0.491 e. The Balaban J connectivity index is 1.76. The van der Waals surface area contributed by atoms with Gasteiger partial charge in [-0.3, -0.25) is 4.79 Å². The maximum absolute atomic E-state index is 12.0. The molecule has 0 aliphatic heterocycles. The molecule has 0 spiro atoms. The number of carbonyl (C=O) groups excluding carboxylic acids is 1. The molecule has 1 unspecified atom stereocenters. The highest BCUT2D eigenvalue weighted by Gasteiger charge is 2.10. The van der Waals surface area contributed by atoms with E-state index in [9.17, 15) is 4.79 Å². The quantitative estimate of drug-likeness (QED) is 0.745. The van der Waals surface area contributed by atoms with Crippen molar-refractivity contribution in [3.63, 3.8) is 0 Å². The fourth-order valence-electron chi connectivity index (χ4n) is 2.35. The molecule has 0 aliphatic rings. The third-order valence-electron chi connectivity index (χ3n) is 3.71. The molecular weight excluding hydrogens is 382 g/mol. The molecule has 2 rings (SSSR count). The number of hydrogen-bond donors (Lipinski definition) is 1. The number of benzene rings is 2. The molecule has 2 aromatic rings. The molecule has 134 valence electrons. The molecular formula is C20H24BrNO3. The van der Waals surface area contributed by atoms with E-state index in [1.54, 1.807) is 0 Å². The second kappa shape index (κ2) is 8.90. The molecule has 0 fully saturated rings. The minimum atomic E-state index is -0.168. The monoisotopic (exact) mass is 405 g/mol. The highest BCUT2D eigenvalue weighted by molar-refractivity contribution is 9.10. The number of halogens is 1. The van der Waals surface area contributed by atoms with Crippen molar-refractivity contribution in [1.82, 2.24) is 5.32 Å². The first kappa shape index (κ1) is 19.3. The summed E-state index contributed by atoms with van der Waals surface area (Å²) in [5.74, 6) is 1.32. The van der Waals surface area contributed by atoms with E-state index in [2.05, 4.69) is 21.2 Å². The zero-order valence-corrected chi connectivity index (χ0v) is 16.6. The molecule has 1 amide bonds. The Labute approximate surface area is 157 Å². The van der Waals surface area contributed by atoms with Gasteiger partial charge in [-0.2, -0.15) is 0 Å². The van der Waals surface area contributed by atoms with Crippen LogP contribution in [-0.2, 0) is 4.79 Å². The van der Waals surface area contributed by atoms with Crippen molar-refractivity contribution in [2.24, 2.45) is 0 Å². The van der Waals surface area contributed by atoms with Crippen LogP contribution >= 0.6 is 15.9 Å². The van der Waals surface area contributed by atoms with Gasteiger partial charge in [0.15, 0.2) is 6.61 Å². The summed E-state index contributed by atoms with van der Waals surface area (Å²) in [5, 5.41) is 2.87. The number of aryl methyl sites for hydroxylation is 3. The van der Waals surface area contributed by atoms with Crippen LogP contribution < -0.4 is 14.8 Å². The molecule has 5 heteroatoms. The van der Waals surface area contributed by atoms with E-state index in [4.69, 9.17) is 9.47 Å². The highest BCUT2D eigenvalue weighted by Crippen LogP contribution is 2.26. The lowest BCUT2D eigenvalue weighted by molar-refractivity contribution is -0.123. The molecule has 0 saturated heterocycles. The predicted octanol–water partition coefficient (Wildman–Crippen LogP) is 4.34. The lowest BCUT2D eigenvalue weighted by Crippen LogP contribution is -2.39. The van der Waals surface area contributed by atoms with E-state index >= 15 is 0 Å². The van der Waals surface area contributed by atoms with Gasteiger partial charge in [-0.25, -0.2) is 0 Å². The molecule has 2 aromatic carbocycles. The molecule has 0 saturated carbocycles. The summed E-state index contributed by atoms with van der Waals surface area (Å²) in [5.41, 5.74) is 3.34. The van der Waals surface area contributed by atoms with Gasteiger partial charge in [0.05, 0.1) is 6.04 Å². The SMILES string of the molecule is Cc1ccc(OCC(C)NC(=O)COc2cc(C)c(Br)c(C)c2)cc1. The summed E-state index contributed by atoms with van der Waals surface area (Å²) >= 11 is 3.52. The molecule has 1 N–H and O–H groups in total. The van der Waals surface area contributed by atoms with Gasteiger partial charge in [0.2, 0.25) is 0 Å². The molecule has 0 bridgehead atoms.